The normalized spacial score (nSPS) is 17.6. The number of morpholine rings is 1. The first-order valence-corrected chi connectivity index (χ1v) is 14.6. The third kappa shape index (κ3) is 5.09. The molecule has 5 heterocycles. The Labute approximate surface area is 239 Å². The van der Waals surface area contributed by atoms with Crippen LogP contribution in [-0.2, 0) is 30.8 Å². The van der Waals surface area contributed by atoms with Gasteiger partial charge in [0, 0.05) is 62.1 Å². The van der Waals surface area contributed by atoms with E-state index in [-0.39, 0.29) is 0 Å². The molecule has 0 atom stereocenters. The number of rotatable bonds is 7. The first-order chi connectivity index (χ1) is 19.7. The Kier molecular flexibility index (Phi) is 7.18. The van der Waals surface area contributed by atoms with E-state index in [0.29, 0.717) is 19.2 Å². The lowest BCUT2D eigenvalue weighted by molar-refractivity contribution is 0.0356. The maximum Gasteiger partial charge on any atom is 0.318 e. The number of hydrogen-bond acceptors (Lipinski definition) is 8. The van der Waals surface area contributed by atoms with Gasteiger partial charge in [-0.15, -0.1) is 0 Å². The number of imidazole rings is 1. The van der Waals surface area contributed by atoms with Crippen LogP contribution in [0.3, 0.4) is 0 Å². The van der Waals surface area contributed by atoms with Gasteiger partial charge in [-0.2, -0.15) is 9.97 Å². The zero-order valence-corrected chi connectivity index (χ0v) is 23.4. The maximum atomic E-state index is 6.70. The van der Waals surface area contributed by atoms with E-state index in [0.717, 1.165) is 105 Å². The van der Waals surface area contributed by atoms with Crippen LogP contribution < -0.4 is 14.5 Å². The third-order valence-corrected chi connectivity index (χ3v) is 8.53. The highest BCUT2D eigenvalue weighted by atomic mass is 35.5. The summed E-state index contributed by atoms with van der Waals surface area (Å²) in [6.45, 7) is 9.29. The van der Waals surface area contributed by atoms with Crippen LogP contribution >= 0.6 is 11.6 Å². The zero-order valence-electron chi connectivity index (χ0n) is 22.6. The van der Waals surface area contributed by atoms with Gasteiger partial charge in [-0.3, -0.25) is 4.90 Å². The molecule has 40 heavy (non-hydrogen) atoms. The average Bonchev–Trinajstić information content (AvgIpc) is 3.47. The van der Waals surface area contributed by atoms with Crippen LogP contribution in [0.5, 0.6) is 6.01 Å². The number of ether oxygens (including phenoxy) is 2. The molecule has 10 heteroatoms. The van der Waals surface area contributed by atoms with Crippen LogP contribution in [0.4, 0.5) is 11.5 Å². The Morgan fingerprint density at radius 3 is 2.70 bits per heavy atom. The van der Waals surface area contributed by atoms with Crippen molar-refractivity contribution in [2.24, 2.45) is 0 Å². The first kappa shape index (κ1) is 25.6. The fourth-order valence-electron chi connectivity index (χ4n) is 6.10. The molecule has 1 saturated heterocycles. The Morgan fingerprint density at radius 2 is 1.80 bits per heavy atom. The largest absolute Gasteiger partial charge is 0.463 e. The lowest BCUT2D eigenvalue weighted by Crippen LogP contribution is -2.38. The highest BCUT2D eigenvalue weighted by Gasteiger charge is 2.28. The minimum Gasteiger partial charge on any atom is -0.463 e. The summed E-state index contributed by atoms with van der Waals surface area (Å²) >= 11 is 6.70. The van der Waals surface area contributed by atoms with Crippen LogP contribution in [-0.4, -0.2) is 77.0 Å². The van der Waals surface area contributed by atoms with E-state index in [1.54, 1.807) is 0 Å². The highest BCUT2D eigenvalue weighted by molar-refractivity contribution is 6.36. The topological polar surface area (TPSA) is 71.8 Å². The molecule has 7 rings (SSSR count). The Balaban J connectivity index is 1.16. The smallest absolute Gasteiger partial charge is 0.318 e. The van der Waals surface area contributed by atoms with E-state index >= 15 is 0 Å². The van der Waals surface area contributed by atoms with Gasteiger partial charge in [-0.25, -0.2) is 4.98 Å². The Bertz CT molecular complexity index is 1500. The summed E-state index contributed by atoms with van der Waals surface area (Å²) in [5, 5.41) is 3.01. The summed E-state index contributed by atoms with van der Waals surface area (Å²) in [6, 6.07) is 12.9. The number of halogens is 1. The predicted molar refractivity (Wildman–Crippen MR) is 156 cm³/mol. The minimum absolute atomic E-state index is 0.465. The van der Waals surface area contributed by atoms with Crippen molar-refractivity contribution in [2.75, 3.05) is 62.3 Å². The lowest BCUT2D eigenvalue weighted by Gasteiger charge is -2.35. The second-order valence-corrected chi connectivity index (χ2v) is 11.1. The number of fused-ring (bicyclic) bond motifs is 3. The van der Waals surface area contributed by atoms with E-state index < -0.39 is 0 Å². The molecule has 0 saturated carbocycles. The molecule has 0 bridgehead atoms. The summed E-state index contributed by atoms with van der Waals surface area (Å²) < 4.78 is 13.9. The second-order valence-electron chi connectivity index (χ2n) is 10.7. The fraction of sp³-hybridized carbons (Fsp3) is 0.433. The number of hydrogen-bond donors (Lipinski definition) is 0. The number of benzene rings is 2. The van der Waals surface area contributed by atoms with Crippen LogP contribution in [0.2, 0.25) is 5.02 Å². The summed E-state index contributed by atoms with van der Waals surface area (Å²) in [5.74, 6) is 0.997. The lowest BCUT2D eigenvalue weighted by atomic mass is 10.0. The van der Waals surface area contributed by atoms with E-state index in [9.17, 15) is 0 Å². The molecule has 0 N–H and O–H groups in total. The molecule has 3 aliphatic rings. The molecule has 208 valence electrons. The maximum absolute atomic E-state index is 6.70. The van der Waals surface area contributed by atoms with E-state index in [4.69, 9.17) is 31.0 Å². The van der Waals surface area contributed by atoms with Crippen LogP contribution in [0, 0.1) is 0 Å². The van der Waals surface area contributed by atoms with Crippen molar-refractivity contribution >= 4 is 33.9 Å². The van der Waals surface area contributed by atoms with Crippen LogP contribution in [0.1, 0.15) is 23.4 Å². The summed E-state index contributed by atoms with van der Waals surface area (Å²) in [5.41, 5.74) is 4.59. The molecule has 3 aliphatic heterocycles. The van der Waals surface area contributed by atoms with Gasteiger partial charge in [0.15, 0.2) is 0 Å². The van der Waals surface area contributed by atoms with Crippen LogP contribution in [0.25, 0.3) is 10.8 Å². The van der Waals surface area contributed by atoms with Gasteiger partial charge < -0.3 is 23.8 Å². The standard InChI is InChI=1S/C30H34ClN7O2/c31-25-6-1-4-22-5-2-7-27(28(22)25)36-10-8-24-26(20-36)33-30(40-15-3-9-35-13-16-39-17-14-35)34-29(24)37-11-12-38-21-32-18-23(38)19-37/h1-2,4-7,18,21H,3,8-17,19-20H2. The molecule has 2 aromatic heterocycles. The highest BCUT2D eigenvalue weighted by Crippen LogP contribution is 2.37. The van der Waals surface area contributed by atoms with Crippen molar-refractivity contribution in [2.45, 2.75) is 32.5 Å². The molecule has 2 aromatic carbocycles. The molecule has 0 spiro atoms. The van der Waals surface area contributed by atoms with Crippen molar-refractivity contribution < 1.29 is 9.47 Å². The molecule has 9 nitrogen and oxygen atoms in total. The van der Waals surface area contributed by atoms with Crippen molar-refractivity contribution in [1.82, 2.24) is 24.4 Å². The van der Waals surface area contributed by atoms with Gasteiger partial charge >= 0.3 is 6.01 Å². The SMILES string of the molecule is Clc1cccc2cccc(N3CCc4c(nc(OCCCN5CCOCC5)nc4N4CCn5cncc5C4)C3)c12. The monoisotopic (exact) mass is 559 g/mol. The Morgan fingerprint density at radius 1 is 0.925 bits per heavy atom. The van der Waals surface area contributed by atoms with E-state index in [2.05, 4.69) is 48.5 Å². The van der Waals surface area contributed by atoms with Gasteiger partial charge in [0.05, 0.1) is 55.6 Å². The van der Waals surface area contributed by atoms with Crippen molar-refractivity contribution in [3.05, 3.63) is 70.9 Å². The molecular weight excluding hydrogens is 526 g/mol. The molecule has 0 amide bonds. The zero-order chi connectivity index (χ0) is 26.9. The quantitative estimate of drug-likeness (QED) is 0.313. The van der Waals surface area contributed by atoms with Crippen LogP contribution in [0.15, 0.2) is 48.9 Å². The Hall–Kier alpha value is -3.40. The summed E-state index contributed by atoms with van der Waals surface area (Å²) in [4.78, 5) is 21.5. The van der Waals surface area contributed by atoms with Crippen molar-refractivity contribution in [3.63, 3.8) is 0 Å². The van der Waals surface area contributed by atoms with Gasteiger partial charge in [0.2, 0.25) is 0 Å². The van der Waals surface area contributed by atoms with Crippen molar-refractivity contribution in [3.8, 4) is 6.01 Å². The van der Waals surface area contributed by atoms with E-state index in [1.807, 2.05) is 24.7 Å². The van der Waals surface area contributed by atoms with Crippen molar-refractivity contribution in [1.29, 1.82) is 0 Å². The minimum atomic E-state index is 0.465. The summed E-state index contributed by atoms with van der Waals surface area (Å²) in [6.07, 6.45) is 5.66. The van der Waals surface area contributed by atoms with Gasteiger partial charge in [-0.05, 0) is 30.4 Å². The first-order valence-electron chi connectivity index (χ1n) is 14.2. The van der Waals surface area contributed by atoms with E-state index in [1.165, 1.54) is 11.3 Å². The molecule has 0 radical (unpaired) electrons. The third-order valence-electron chi connectivity index (χ3n) is 8.21. The van der Waals surface area contributed by atoms with Gasteiger partial charge in [0.1, 0.15) is 5.82 Å². The molecule has 0 unspecified atom stereocenters. The molecule has 4 aromatic rings. The molecule has 0 aliphatic carbocycles. The van der Waals surface area contributed by atoms with Gasteiger partial charge in [0.25, 0.3) is 0 Å². The average molecular weight is 560 g/mol. The predicted octanol–water partition coefficient (Wildman–Crippen LogP) is 4.16. The number of nitrogens with zero attached hydrogens (tertiary/aromatic N) is 7. The molecule has 1 fully saturated rings. The fourth-order valence-corrected chi connectivity index (χ4v) is 6.38. The second kappa shape index (κ2) is 11.2. The number of aromatic nitrogens is 4. The number of anilines is 2. The van der Waals surface area contributed by atoms with Gasteiger partial charge in [-0.1, -0.05) is 35.9 Å². The summed E-state index contributed by atoms with van der Waals surface area (Å²) in [7, 11) is 0. The molecular formula is C30H34ClN7O2.